The van der Waals surface area contributed by atoms with Crippen molar-refractivity contribution in [2.45, 2.75) is 26.3 Å². The molecule has 1 atom stereocenters. The molecule has 5 heteroatoms. The van der Waals surface area contributed by atoms with Crippen LogP contribution in [-0.2, 0) is 4.79 Å². The molecular weight excluding hydrogens is 304 g/mol. The second-order valence-corrected chi connectivity index (χ2v) is 5.53. The summed E-state index contributed by atoms with van der Waals surface area (Å²) in [6.45, 7) is 4.01. The highest BCUT2D eigenvalue weighted by atomic mass is 16.6. The van der Waals surface area contributed by atoms with E-state index in [-0.39, 0.29) is 17.6 Å². The molecule has 0 spiro atoms. The third-order valence-electron chi connectivity index (χ3n) is 3.75. The van der Waals surface area contributed by atoms with Crippen molar-refractivity contribution in [1.82, 2.24) is 5.32 Å². The Labute approximate surface area is 141 Å². The Kier molecular flexibility index (Phi) is 5.84. The number of nitrogens with one attached hydrogen (secondary N) is 1. The number of para-hydroxylation sites is 1. The molecule has 124 valence electrons. The van der Waals surface area contributed by atoms with Gasteiger partial charge in [0, 0.05) is 12.1 Å². The van der Waals surface area contributed by atoms with E-state index in [1.165, 1.54) is 18.2 Å². The van der Waals surface area contributed by atoms with Crippen molar-refractivity contribution >= 4 is 17.7 Å². The summed E-state index contributed by atoms with van der Waals surface area (Å²) >= 11 is 0. The first-order chi connectivity index (χ1) is 11.5. The molecule has 0 aliphatic heterocycles. The van der Waals surface area contributed by atoms with Gasteiger partial charge in [0.05, 0.1) is 16.5 Å². The van der Waals surface area contributed by atoms with Crippen molar-refractivity contribution < 1.29 is 9.72 Å². The number of amides is 1. The molecule has 2 aromatic carbocycles. The normalized spacial score (nSPS) is 12.1. The summed E-state index contributed by atoms with van der Waals surface area (Å²) in [4.78, 5) is 22.7. The number of aryl methyl sites for hydroxylation is 1. The minimum atomic E-state index is -0.460. The number of nitro groups is 1. The molecule has 0 aliphatic carbocycles. The first-order valence-electron chi connectivity index (χ1n) is 7.79. The van der Waals surface area contributed by atoms with Crippen LogP contribution in [0.1, 0.15) is 36.1 Å². The van der Waals surface area contributed by atoms with Gasteiger partial charge in [-0.25, -0.2) is 0 Å². The molecule has 0 aromatic heterocycles. The maximum Gasteiger partial charge on any atom is 0.276 e. The van der Waals surface area contributed by atoms with Crippen LogP contribution in [0.5, 0.6) is 0 Å². The van der Waals surface area contributed by atoms with Crippen molar-refractivity contribution in [2.24, 2.45) is 0 Å². The van der Waals surface area contributed by atoms with Crippen molar-refractivity contribution in [3.63, 3.8) is 0 Å². The van der Waals surface area contributed by atoms with Gasteiger partial charge in [-0.1, -0.05) is 48.9 Å². The lowest BCUT2D eigenvalue weighted by molar-refractivity contribution is -0.385. The molecule has 0 saturated heterocycles. The second kappa shape index (κ2) is 8.06. The number of carbonyl (C=O) groups excluding carboxylic acids is 1. The molecule has 1 unspecified atom stereocenters. The molecule has 0 heterocycles. The lowest BCUT2D eigenvalue weighted by Crippen LogP contribution is -2.26. The highest BCUT2D eigenvalue weighted by Crippen LogP contribution is 2.20. The molecule has 0 bridgehead atoms. The number of carbonyl (C=O) groups is 1. The molecule has 0 radical (unpaired) electrons. The van der Waals surface area contributed by atoms with Gasteiger partial charge in [0.25, 0.3) is 5.69 Å². The van der Waals surface area contributed by atoms with Crippen molar-refractivity contribution in [2.75, 3.05) is 0 Å². The highest BCUT2D eigenvalue weighted by Gasteiger charge is 2.12. The SMILES string of the molecule is CCC(NC(=O)/C=C/c1ccccc1[N+](=O)[O-])c1ccc(C)cc1. The zero-order chi connectivity index (χ0) is 17.5. The van der Waals surface area contributed by atoms with Gasteiger partial charge in [-0.2, -0.15) is 0 Å². The zero-order valence-corrected chi connectivity index (χ0v) is 13.7. The lowest BCUT2D eigenvalue weighted by Gasteiger charge is -2.16. The Balaban J connectivity index is 2.09. The lowest BCUT2D eigenvalue weighted by atomic mass is 10.0. The van der Waals surface area contributed by atoms with Crippen LogP contribution in [-0.4, -0.2) is 10.8 Å². The summed E-state index contributed by atoms with van der Waals surface area (Å²) in [5.41, 5.74) is 2.58. The number of benzene rings is 2. The van der Waals surface area contributed by atoms with Crippen molar-refractivity contribution in [3.05, 3.63) is 81.4 Å². The van der Waals surface area contributed by atoms with Crippen LogP contribution in [0.15, 0.2) is 54.6 Å². The molecule has 2 rings (SSSR count). The Hall–Kier alpha value is -2.95. The van der Waals surface area contributed by atoms with Gasteiger partial charge in [0.15, 0.2) is 0 Å². The van der Waals surface area contributed by atoms with E-state index in [0.29, 0.717) is 5.56 Å². The minimum absolute atomic E-state index is 0.0212. The number of hydrogen-bond acceptors (Lipinski definition) is 3. The Morgan fingerprint density at radius 2 is 1.88 bits per heavy atom. The van der Waals surface area contributed by atoms with Crippen molar-refractivity contribution in [3.8, 4) is 0 Å². The Bertz CT molecular complexity index is 751. The fourth-order valence-corrected chi connectivity index (χ4v) is 2.40. The van der Waals surface area contributed by atoms with Crippen LogP contribution in [0.4, 0.5) is 5.69 Å². The van der Waals surface area contributed by atoms with Gasteiger partial charge in [-0.3, -0.25) is 14.9 Å². The molecule has 0 saturated carbocycles. The van der Waals surface area contributed by atoms with Crippen LogP contribution in [0.3, 0.4) is 0 Å². The van der Waals surface area contributed by atoms with Gasteiger partial charge in [-0.15, -0.1) is 0 Å². The number of nitro benzene ring substituents is 1. The fraction of sp³-hybridized carbons (Fsp3) is 0.211. The van der Waals surface area contributed by atoms with Crippen LogP contribution in [0.2, 0.25) is 0 Å². The Morgan fingerprint density at radius 3 is 2.50 bits per heavy atom. The molecule has 2 aromatic rings. The summed E-state index contributed by atoms with van der Waals surface area (Å²) in [5.74, 6) is -0.277. The van der Waals surface area contributed by atoms with E-state index in [4.69, 9.17) is 0 Å². The third kappa shape index (κ3) is 4.52. The van der Waals surface area contributed by atoms with Gasteiger partial charge in [0.2, 0.25) is 5.91 Å². The molecule has 0 aliphatic rings. The number of nitrogens with zero attached hydrogens (tertiary/aromatic N) is 1. The van der Waals surface area contributed by atoms with E-state index in [1.54, 1.807) is 18.2 Å². The largest absolute Gasteiger partial charge is 0.346 e. The predicted octanol–water partition coefficient (Wildman–Crippen LogP) is 4.18. The van der Waals surface area contributed by atoms with E-state index in [2.05, 4.69) is 5.32 Å². The third-order valence-corrected chi connectivity index (χ3v) is 3.75. The summed E-state index contributed by atoms with van der Waals surface area (Å²) in [6, 6.07) is 14.2. The number of rotatable bonds is 6. The van der Waals surface area contributed by atoms with E-state index in [1.807, 2.05) is 38.1 Å². The second-order valence-electron chi connectivity index (χ2n) is 5.53. The molecule has 1 N–H and O–H groups in total. The first-order valence-corrected chi connectivity index (χ1v) is 7.79. The fourth-order valence-electron chi connectivity index (χ4n) is 2.40. The molecular formula is C19H20N2O3. The topological polar surface area (TPSA) is 72.2 Å². The van der Waals surface area contributed by atoms with Gasteiger partial charge in [0.1, 0.15) is 0 Å². The summed E-state index contributed by atoms with van der Waals surface area (Å²) in [6.07, 6.45) is 3.56. The summed E-state index contributed by atoms with van der Waals surface area (Å²) in [5, 5.41) is 13.9. The van der Waals surface area contributed by atoms with Gasteiger partial charge in [-0.05, 0) is 31.1 Å². The highest BCUT2D eigenvalue weighted by molar-refractivity contribution is 5.92. The molecule has 5 nitrogen and oxygen atoms in total. The van der Waals surface area contributed by atoms with E-state index in [0.717, 1.165) is 17.5 Å². The molecule has 1 amide bonds. The van der Waals surface area contributed by atoms with Crippen LogP contribution >= 0.6 is 0 Å². The van der Waals surface area contributed by atoms with E-state index in [9.17, 15) is 14.9 Å². The maximum atomic E-state index is 12.1. The van der Waals surface area contributed by atoms with Crippen molar-refractivity contribution in [1.29, 1.82) is 0 Å². The molecule has 0 fully saturated rings. The predicted molar refractivity (Wildman–Crippen MR) is 94.5 cm³/mol. The van der Waals surface area contributed by atoms with Crippen LogP contribution in [0.25, 0.3) is 6.08 Å². The monoisotopic (exact) mass is 324 g/mol. The average molecular weight is 324 g/mol. The smallest absolute Gasteiger partial charge is 0.276 e. The molecule has 24 heavy (non-hydrogen) atoms. The van der Waals surface area contributed by atoms with E-state index >= 15 is 0 Å². The Morgan fingerprint density at radius 1 is 1.21 bits per heavy atom. The van der Waals surface area contributed by atoms with Crippen LogP contribution in [0, 0.1) is 17.0 Å². The van der Waals surface area contributed by atoms with Gasteiger partial charge < -0.3 is 5.32 Å². The minimum Gasteiger partial charge on any atom is -0.346 e. The standard InChI is InChI=1S/C19H20N2O3/c1-3-17(15-10-8-14(2)9-11-15)20-19(22)13-12-16-6-4-5-7-18(16)21(23)24/h4-13,17H,3H2,1-2H3,(H,20,22)/b13-12+. The zero-order valence-electron chi connectivity index (χ0n) is 13.7. The summed E-state index contributed by atoms with van der Waals surface area (Å²) < 4.78 is 0. The van der Waals surface area contributed by atoms with Crippen LogP contribution < -0.4 is 5.32 Å². The maximum absolute atomic E-state index is 12.1. The summed E-state index contributed by atoms with van der Waals surface area (Å²) in [7, 11) is 0. The average Bonchev–Trinajstić information content (AvgIpc) is 2.59. The number of hydrogen-bond donors (Lipinski definition) is 1. The first kappa shape index (κ1) is 17.4. The van der Waals surface area contributed by atoms with Gasteiger partial charge >= 0.3 is 0 Å². The van der Waals surface area contributed by atoms with E-state index < -0.39 is 4.92 Å². The quantitative estimate of drug-likeness (QED) is 0.492.